The van der Waals surface area contributed by atoms with Crippen LogP contribution in [0.1, 0.15) is 0 Å². The largest absolute Gasteiger partial charge is 2.00 e. The number of hydrogen-bond acceptors (Lipinski definition) is 0. The number of rotatable bonds is 0. The Kier molecular flexibility index (Phi) is 213. The molecule has 5 heavy (non-hydrogen) atoms. The third-order valence-corrected chi connectivity index (χ3v) is 0. The van der Waals surface area contributed by atoms with Gasteiger partial charge in [0.05, 0.1) is 0 Å². The molecule has 0 saturated heterocycles. The maximum absolute atomic E-state index is 5.75. The van der Waals surface area contributed by atoms with E-state index in [-0.39, 0.29) is 37.7 Å². The molecule has 0 saturated carbocycles. The van der Waals surface area contributed by atoms with Crippen molar-refractivity contribution in [2.75, 3.05) is 14.1 Å². The quantitative estimate of drug-likeness (QED) is 0.407. The van der Waals surface area contributed by atoms with Crippen LogP contribution in [-0.4, -0.2) is 51.8 Å². The van der Waals surface area contributed by atoms with Crippen LogP contribution in [0.3, 0.4) is 0 Å². The second-order valence-electron chi connectivity index (χ2n) is 0. The van der Waals surface area contributed by atoms with Crippen LogP contribution in [-0.2, 0) is 0 Å². The first kappa shape index (κ1) is 16.4. The van der Waals surface area contributed by atoms with E-state index < -0.39 is 0 Å². The molecule has 0 atom stereocenters. The molecule has 0 aliphatic carbocycles. The van der Waals surface area contributed by atoms with E-state index in [1.165, 1.54) is 14.1 Å². The zero-order valence-corrected chi connectivity index (χ0v) is 5.92. The molecule has 0 aromatic carbocycles. The minimum atomic E-state index is 0. The molecule has 0 aromatic rings. The Morgan fingerprint density at radius 2 is 0.800 bits per heavy atom. The number of nitrogens with one attached hydrogen (secondary N) is 2. The van der Waals surface area contributed by atoms with Gasteiger partial charge in [-0.3, -0.25) is 0 Å². The summed E-state index contributed by atoms with van der Waals surface area (Å²) in [5.41, 5.74) is 11.5. The summed E-state index contributed by atoms with van der Waals surface area (Å²) in [7, 11) is 2.50. The van der Waals surface area contributed by atoms with Crippen molar-refractivity contribution in [2.45, 2.75) is 0 Å². The summed E-state index contributed by atoms with van der Waals surface area (Å²) >= 11 is 0. The van der Waals surface area contributed by atoms with Gasteiger partial charge >= 0.3 is 37.7 Å². The van der Waals surface area contributed by atoms with E-state index in [9.17, 15) is 0 Å². The van der Waals surface area contributed by atoms with Crippen molar-refractivity contribution in [1.82, 2.24) is 0 Å². The van der Waals surface area contributed by atoms with Crippen LogP contribution in [0, 0.1) is 0 Å². The van der Waals surface area contributed by atoms with E-state index in [1.807, 2.05) is 0 Å². The smallest absolute Gasteiger partial charge is 0.680 e. The molecule has 0 unspecified atom stereocenters. The molecule has 3 heteroatoms. The average Bonchev–Trinajstić information content (AvgIpc) is 1.50. The van der Waals surface area contributed by atoms with Gasteiger partial charge in [0.25, 0.3) is 0 Å². The molecule has 2 N–H and O–H groups in total. The molecular formula is C2H8CaN2. The summed E-state index contributed by atoms with van der Waals surface area (Å²) in [5, 5.41) is 0. The van der Waals surface area contributed by atoms with Gasteiger partial charge in [-0.1, -0.05) is 0 Å². The normalized spacial score (nSPS) is 2.40. The average molecular weight is 100 g/mol. The summed E-state index contributed by atoms with van der Waals surface area (Å²) in [5.74, 6) is 0. The monoisotopic (exact) mass is 100 g/mol. The zero-order valence-electron chi connectivity index (χ0n) is 3.71. The van der Waals surface area contributed by atoms with Crippen LogP contribution >= 0.6 is 0 Å². The molecule has 28 valence electrons. The molecule has 0 aromatic heterocycles. The van der Waals surface area contributed by atoms with Crippen molar-refractivity contribution >= 4 is 37.7 Å². The fourth-order valence-electron chi connectivity index (χ4n) is 0. The Morgan fingerprint density at radius 1 is 0.800 bits per heavy atom. The van der Waals surface area contributed by atoms with Crippen LogP contribution in [0.2, 0.25) is 0 Å². The van der Waals surface area contributed by atoms with Gasteiger partial charge in [-0.15, -0.1) is 0 Å². The molecule has 0 heterocycles. The van der Waals surface area contributed by atoms with Crippen molar-refractivity contribution in [3.05, 3.63) is 11.5 Å². The first-order chi connectivity index (χ1) is 2.00. The third-order valence-electron chi connectivity index (χ3n) is 0. The SMILES string of the molecule is C[NH-].C[NH-].[Ca+2]. The van der Waals surface area contributed by atoms with Gasteiger partial charge < -0.3 is 11.5 Å². The molecule has 0 amide bonds. The summed E-state index contributed by atoms with van der Waals surface area (Å²) in [6, 6.07) is 0. The fourth-order valence-corrected chi connectivity index (χ4v) is 0. The second-order valence-corrected chi connectivity index (χ2v) is 0. The second kappa shape index (κ2) is 65.0. The number of hydrogen-bond donors (Lipinski definition) is 0. The van der Waals surface area contributed by atoms with E-state index in [2.05, 4.69) is 0 Å². The van der Waals surface area contributed by atoms with Gasteiger partial charge in [0.1, 0.15) is 0 Å². The first-order valence-corrected chi connectivity index (χ1v) is 1.00. The standard InChI is InChI=1S/2CH4N.Ca/c2*1-2;/h2*2H,1H3;/q2*-1;+2. The Morgan fingerprint density at radius 3 is 0.800 bits per heavy atom. The summed E-state index contributed by atoms with van der Waals surface area (Å²) in [6.45, 7) is 0. The van der Waals surface area contributed by atoms with Crippen LogP contribution in [0.25, 0.3) is 11.5 Å². The van der Waals surface area contributed by atoms with Crippen molar-refractivity contribution in [3.63, 3.8) is 0 Å². The van der Waals surface area contributed by atoms with Crippen LogP contribution in [0.15, 0.2) is 0 Å². The van der Waals surface area contributed by atoms with Gasteiger partial charge in [0.2, 0.25) is 0 Å². The predicted molar refractivity (Wildman–Crippen MR) is 26.2 cm³/mol. The zero-order chi connectivity index (χ0) is 4.00. The molecule has 0 spiro atoms. The maximum Gasteiger partial charge on any atom is 2.00 e. The van der Waals surface area contributed by atoms with E-state index in [0.29, 0.717) is 0 Å². The van der Waals surface area contributed by atoms with Gasteiger partial charge in [-0.05, 0) is 0 Å². The maximum atomic E-state index is 5.75. The first-order valence-electron chi connectivity index (χ1n) is 1.00. The Balaban J connectivity index is -0.0000000133. The minimum absolute atomic E-state index is 0. The minimum Gasteiger partial charge on any atom is -0.680 e. The van der Waals surface area contributed by atoms with Crippen LogP contribution < -0.4 is 0 Å². The van der Waals surface area contributed by atoms with E-state index in [0.717, 1.165) is 0 Å². The van der Waals surface area contributed by atoms with E-state index in [1.54, 1.807) is 0 Å². The molecule has 0 radical (unpaired) electrons. The van der Waals surface area contributed by atoms with Crippen LogP contribution in [0.4, 0.5) is 0 Å². The molecule has 0 fully saturated rings. The molecule has 0 bridgehead atoms. The van der Waals surface area contributed by atoms with Gasteiger partial charge in [-0.25, -0.2) is 0 Å². The Bertz CT molecular complexity index is 7.61. The topological polar surface area (TPSA) is 47.6 Å². The van der Waals surface area contributed by atoms with Gasteiger partial charge in [0.15, 0.2) is 0 Å². The molecule has 2 nitrogen and oxygen atoms in total. The fraction of sp³-hybridized carbons (Fsp3) is 1.00. The molecule has 0 aliphatic rings. The molecular weight excluding hydrogens is 92.1 g/mol. The molecule has 0 aliphatic heterocycles. The predicted octanol–water partition coefficient (Wildman–Crippen LogP) is 0.956. The van der Waals surface area contributed by atoms with Crippen molar-refractivity contribution in [2.24, 2.45) is 0 Å². The Hall–Kier alpha value is 1.18. The van der Waals surface area contributed by atoms with E-state index >= 15 is 0 Å². The van der Waals surface area contributed by atoms with Crippen molar-refractivity contribution < 1.29 is 0 Å². The van der Waals surface area contributed by atoms with E-state index in [4.69, 9.17) is 11.5 Å². The third kappa shape index (κ3) is 37.6. The van der Waals surface area contributed by atoms with Crippen molar-refractivity contribution in [1.29, 1.82) is 0 Å². The van der Waals surface area contributed by atoms with Crippen molar-refractivity contribution in [3.8, 4) is 0 Å². The summed E-state index contributed by atoms with van der Waals surface area (Å²) in [6.07, 6.45) is 0. The van der Waals surface area contributed by atoms with Gasteiger partial charge in [0, 0.05) is 0 Å². The van der Waals surface area contributed by atoms with Gasteiger partial charge in [-0.2, -0.15) is 14.1 Å². The summed E-state index contributed by atoms with van der Waals surface area (Å²) in [4.78, 5) is 0. The van der Waals surface area contributed by atoms with Crippen LogP contribution in [0.5, 0.6) is 0 Å². The molecule has 0 rings (SSSR count). The summed E-state index contributed by atoms with van der Waals surface area (Å²) < 4.78 is 0. The Labute approximate surface area is 62.9 Å².